The molecule has 0 fully saturated rings. The van der Waals surface area contributed by atoms with Crippen LogP contribution in [0, 0.1) is 5.82 Å². The number of ketones is 1. The van der Waals surface area contributed by atoms with E-state index in [4.69, 9.17) is 5.11 Å². The summed E-state index contributed by atoms with van der Waals surface area (Å²) < 4.78 is 14.5. The summed E-state index contributed by atoms with van der Waals surface area (Å²) >= 11 is 0. The first-order chi connectivity index (χ1) is 18.2. The van der Waals surface area contributed by atoms with Gasteiger partial charge in [0.05, 0.1) is 17.9 Å². The van der Waals surface area contributed by atoms with E-state index >= 15 is 0 Å². The predicted octanol–water partition coefficient (Wildman–Crippen LogP) is 3.31. The van der Waals surface area contributed by atoms with Gasteiger partial charge in [-0.05, 0) is 35.9 Å². The van der Waals surface area contributed by atoms with Crippen molar-refractivity contribution in [2.24, 2.45) is 0 Å². The van der Waals surface area contributed by atoms with Crippen LogP contribution in [0.5, 0.6) is 0 Å². The van der Waals surface area contributed by atoms with Crippen molar-refractivity contribution in [3.63, 3.8) is 0 Å². The lowest BCUT2D eigenvalue weighted by molar-refractivity contribution is -0.119. The molecule has 0 aliphatic heterocycles. The van der Waals surface area contributed by atoms with E-state index in [1.54, 1.807) is 30.3 Å². The summed E-state index contributed by atoms with van der Waals surface area (Å²) in [5.74, 6) is -2.14. The standard InChI is InChI=1S/C27H27FN4O6/c1-31(24(34)17-32(27(37)38)16-18-7-3-2-4-8-18)23-12-11-19(30-26(36)29-13-14-33)15-21(23)25(35)20-9-5-6-10-22(20)28/h2-12,15,33H,13-14,16-17H2,1H3,(H,37,38)(H2,29,30,36). The Morgan fingerprint density at radius 1 is 0.921 bits per heavy atom. The highest BCUT2D eigenvalue weighted by Crippen LogP contribution is 2.27. The zero-order valence-corrected chi connectivity index (χ0v) is 20.6. The molecular formula is C27H27FN4O6. The first kappa shape index (κ1) is 27.8. The molecule has 3 aromatic rings. The van der Waals surface area contributed by atoms with Gasteiger partial charge in [0, 0.05) is 31.4 Å². The number of rotatable bonds is 10. The molecule has 0 aliphatic rings. The van der Waals surface area contributed by atoms with Crippen LogP contribution in [0.25, 0.3) is 0 Å². The lowest BCUT2D eigenvalue weighted by Gasteiger charge is -2.25. The number of hydrogen-bond donors (Lipinski definition) is 4. The summed E-state index contributed by atoms with van der Waals surface area (Å²) in [4.78, 5) is 52.4. The highest BCUT2D eigenvalue weighted by molar-refractivity contribution is 6.15. The minimum Gasteiger partial charge on any atom is -0.465 e. The normalized spacial score (nSPS) is 10.4. The Morgan fingerprint density at radius 3 is 2.26 bits per heavy atom. The number of anilines is 2. The smallest absolute Gasteiger partial charge is 0.408 e. The molecule has 0 aromatic heterocycles. The van der Waals surface area contributed by atoms with Gasteiger partial charge in [-0.25, -0.2) is 14.0 Å². The monoisotopic (exact) mass is 522 g/mol. The molecule has 0 radical (unpaired) electrons. The summed E-state index contributed by atoms with van der Waals surface area (Å²) in [6, 6.07) is 17.6. The number of nitrogens with one attached hydrogen (secondary N) is 2. The number of likely N-dealkylation sites (N-methyl/N-ethyl adjacent to an activating group) is 1. The predicted molar refractivity (Wildman–Crippen MR) is 139 cm³/mol. The van der Waals surface area contributed by atoms with E-state index in [0.717, 1.165) is 15.9 Å². The highest BCUT2D eigenvalue weighted by atomic mass is 19.1. The number of benzene rings is 3. The number of aliphatic hydroxyl groups excluding tert-OH is 1. The molecule has 3 aromatic carbocycles. The minimum absolute atomic E-state index is 0.00519. The van der Waals surface area contributed by atoms with Crippen LogP contribution >= 0.6 is 0 Å². The summed E-state index contributed by atoms with van der Waals surface area (Å²) in [6.45, 7) is -0.792. The van der Waals surface area contributed by atoms with E-state index < -0.39 is 36.2 Å². The molecule has 198 valence electrons. The number of halogens is 1. The van der Waals surface area contributed by atoms with Crippen molar-refractivity contribution in [3.05, 3.63) is 95.3 Å². The highest BCUT2D eigenvalue weighted by Gasteiger charge is 2.25. The Balaban J connectivity index is 1.92. The van der Waals surface area contributed by atoms with Crippen molar-refractivity contribution in [1.82, 2.24) is 10.2 Å². The largest absolute Gasteiger partial charge is 0.465 e. The molecule has 0 heterocycles. The molecule has 0 saturated heterocycles. The van der Waals surface area contributed by atoms with Gasteiger partial charge in [0.1, 0.15) is 12.4 Å². The van der Waals surface area contributed by atoms with Gasteiger partial charge in [0.25, 0.3) is 0 Å². The van der Waals surface area contributed by atoms with Gasteiger partial charge in [-0.2, -0.15) is 0 Å². The first-order valence-corrected chi connectivity index (χ1v) is 11.6. The topological polar surface area (TPSA) is 139 Å². The first-order valence-electron chi connectivity index (χ1n) is 11.6. The number of hydrogen-bond acceptors (Lipinski definition) is 5. The molecule has 0 aliphatic carbocycles. The molecule has 4 amide bonds. The van der Waals surface area contributed by atoms with Crippen molar-refractivity contribution in [1.29, 1.82) is 0 Å². The second-order valence-corrected chi connectivity index (χ2v) is 8.22. The van der Waals surface area contributed by atoms with Gasteiger partial charge in [-0.15, -0.1) is 0 Å². The number of aliphatic hydroxyl groups is 1. The zero-order chi connectivity index (χ0) is 27.7. The fraction of sp³-hybridized carbons (Fsp3) is 0.185. The maximum Gasteiger partial charge on any atom is 0.408 e. The number of carbonyl (C=O) groups is 4. The lowest BCUT2D eigenvalue weighted by Crippen LogP contribution is -2.41. The van der Waals surface area contributed by atoms with E-state index in [1.165, 1.54) is 43.4 Å². The third-order valence-corrected chi connectivity index (χ3v) is 5.56. The Bertz CT molecular complexity index is 1320. The van der Waals surface area contributed by atoms with Gasteiger partial charge < -0.3 is 25.7 Å². The third-order valence-electron chi connectivity index (χ3n) is 5.56. The SMILES string of the molecule is CN(C(=O)CN(Cc1ccccc1)C(=O)O)c1ccc(NC(=O)NCCO)cc1C(=O)c1ccccc1F. The average molecular weight is 523 g/mol. The van der Waals surface area contributed by atoms with Crippen LogP contribution in [0.3, 0.4) is 0 Å². The molecule has 4 N–H and O–H groups in total. The Kier molecular flexibility index (Phi) is 9.49. The second kappa shape index (κ2) is 13.0. The number of nitrogens with zero attached hydrogens (tertiary/aromatic N) is 2. The van der Waals surface area contributed by atoms with Crippen LogP contribution in [-0.4, -0.2) is 65.7 Å². The number of carboxylic acid groups (broad SMARTS) is 1. The van der Waals surface area contributed by atoms with Crippen LogP contribution < -0.4 is 15.5 Å². The van der Waals surface area contributed by atoms with Crippen molar-refractivity contribution >= 4 is 35.2 Å². The van der Waals surface area contributed by atoms with Crippen molar-refractivity contribution in [2.75, 3.05) is 37.0 Å². The third kappa shape index (κ3) is 7.14. The minimum atomic E-state index is -1.30. The van der Waals surface area contributed by atoms with Crippen LogP contribution in [0.4, 0.5) is 25.4 Å². The molecule has 11 heteroatoms. The van der Waals surface area contributed by atoms with E-state index in [9.17, 15) is 28.7 Å². The quantitative estimate of drug-likeness (QED) is 0.301. The van der Waals surface area contributed by atoms with Crippen LogP contribution in [0.2, 0.25) is 0 Å². The second-order valence-electron chi connectivity index (χ2n) is 8.22. The molecule has 0 bridgehead atoms. The van der Waals surface area contributed by atoms with E-state index in [2.05, 4.69) is 10.6 Å². The molecule has 0 saturated carbocycles. The Labute approximate surface area is 218 Å². The number of amides is 4. The fourth-order valence-corrected chi connectivity index (χ4v) is 3.62. The van der Waals surface area contributed by atoms with Crippen molar-refractivity contribution < 1.29 is 33.8 Å². The van der Waals surface area contributed by atoms with Crippen LogP contribution in [0.1, 0.15) is 21.5 Å². The van der Waals surface area contributed by atoms with E-state index in [-0.39, 0.29) is 42.2 Å². The molecule has 38 heavy (non-hydrogen) atoms. The number of urea groups is 1. The molecule has 10 nitrogen and oxygen atoms in total. The van der Waals surface area contributed by atoms with Crippen molar-refractivity contribution in [2.45, 2.75) is 6.54 Å². The Hall–Kier alpha value is -4.77. The average Bonchev–Trinajstić information content (AvgIpc) is 2.91. The van der Waals surface area contributed by atoms with Gasteiger partial charge in [0.2, 0.25) is 5.91 Å². The Morgan fingerprint density at radius 2 is 1.61 bits per heavy atom. The molecule has 0 atom stereocenters. The molecule has 0 spiro atoms. The molecule has 0 unspecified atom stereocenters. The van der Waals surface area contributed by atoms with Gasteiger partial charge in [-0.3, -0.25) is 14.5 Å². The van der Waals surface area contributed by atoms with Gasteiger partial charge in [0.15, 0.2) is 5.78 Å². The summed E-state index contributed by atoms with van der Waals surface area (Å²) in [7, 11) is 1.37. The molecule has 3 rings (SSSR count). The van der Waals surface area contributed by atoms with Crippen LogP contribution in [-0.2, 0) is 11.3 Å². The van der Waals surface area contributed by atoms with Gasteiger partial charge >= 0.3 is 12.1 Å². The fourth-order valence-electron chi connectivity index (χ4n) is 3.62. The number of carbonyl (C=O) groups excluding carboxylic acids is 3. The lowest BCUT2D eigenvalue weighted by atomic mass is 9.99. The van der Waals surface area contributed by atoms with Crippen molar-refractivity contribution in [3.8, 4) is 0 Å². The van der Waals surface area contributed by atoms with Gasteiger partial charge in [-0.1, -0.05) is 42.5 Å². The maximum atomic E-state index is 14.5. The summed E-state index contributed by atoms with van der Waals surface area (Å²) in [5, 5.41) is 23.4. The molecular weight excluding hydrogens is 495 g/mol. The zero-order valence-electron chi connectivity index (χ0n) is 20.6. The van der Waals surface area contributed by atoms with E-state index in [1.807, 2.05) is 0 Å². The summed E-state index contributed by atoms with van der Waals surface area (Å²) in [5.41, 5.74) is 0.634. The van der Waals surface area contributed by atoms with Crippen LogP contribution in [0.15, 0.2) is 72.8 Å². The van der Waals surface area contributed by atoms with E-state index in [0.29, 0.717) is 5.56 Å². The maximum absolute atomic E-state index is 14.5. The summed E-state index contributed by atoms with van der Waals surface area (Å²) in [6.07, 6.45) is -1.30.